The normalized spacial score (nSPS) is 13.9. The van der Waals surface area contributed by atoms with Crippen molar-refractivity contribution < 1.29 is 9.90 Å². The number of likely N-dealkylation sites (N-methyl/N-ethyl adjacent to an activating group) is 1. The number of nitrogens with zero attached hydrogens (tertiary/aromatic N) is 1. The van der Waals surface area contributed by atoms with Crippen molar-refractivity contribution >= 4 is 6.03 Å². The average Bonchev–Trinajstić information content (AvgIpc) is 2.37. The lowest BCUT2D eigenvalue weighted by Gasteiger charge is -2.22. The Labute approximate surface area is 128 Å². The van der Waals surface area contributed by atoms with Gasteiger partial charge in [-0.1, -0.05) is 38.1 Å². The third-order valence-corrected chi connectivity index (χ3v) is 3.35. The number of carbonyl (C=O) groups is 1. The molecule has 1 aromatic carbocycles. The molecule has 21 heavy (non-hydrogen) atoms. The maximum absolute atomic E-state index is 12.0. The third-order valence-electron chi connectivity index (χ3n) is 3.35. The molecule has 2 unspecified atom stereocenters. The highest BCUT2D eigenvalue weighted by Crippen LogP contribution is 2.15. The van der Waals surface area contributed by atoms with Crippen molar-refractivity contribution in [1.29, 1.82) is 0 Å². The van der Waals surface area contributed by atoms with E-state index in [1.54, 1.807) is 14.0 Å². The minimum absolute atomic E-state index is 0.0537. The first kappa shape index (κ1) is 17.5. The van der Waals surface area contributed by atoms with Crippen LogP contribution in [-0.4, -0.2) is 35.7 Å². The summed E-state index contributed by atoms with van der Waals surface area (Å²) in [5, 5.41) is 12.2. The van der Waals surface area contributed by atoms with Gasteiger partial charge in [-0.3, -0.25) is 0 Å². The lowest BCUT2D eigenvalue weighted by Crippen LogP contribution is -2.41. The van der Waals surface area contributed by atoms with Crippen LogP contribution in [0.5, 0.6) is 0 Å². The van der Waals surface area contributed by atoms with Crippen molar-refractivity contribution in [1.82, 2.24) is 10.2 Å². The number of urea groups is 1. The number of nitrogens with one attached hydrogen (secondary N) is 1. The number of aliphatic hydroxyl groups is 1. The van der Waals surface area contributed by atoms with E-state index in [0.29, 0.717) is 12.5 Å². The number of rotatable bonds is 6. The predicted octanol–water partition coefficient (Wildman–Crippen LogP) is 2.97. The van der Waals surface area contributed by atoms with Crippen molar-refractivity contribution in [3.8, 4) is 0 Å². The van der Waals surface area contributed by atoms with E-state index in [9.17, 15) is 9.90 Å². The van der Waals surface area contributed by atoms with Gasteiger partial charge in [-0.05, 0) is 37.3 Å². The number of amides is 2. The van der Waals surface area contributed by atoms with Gasteiger partial charge in [-0.15, -0.1) is 0 Å². The fraction of sp³-hybridized carbons (Fsp3) is 0.588. The lowest BCUT2D eigenvalue weighted by molar-refractivity contribution is 0.142. The van der Waals surface area contributed by atoms with Crippen LogP contribution in [0.1, 0.15) is 44.9 Å². The molecule has 1 aromatic rings. The molecule has 0 saturated heterocycles. The topological polar surface area (TPSA) is 52.6 Å². The van der Waals surface area contributed by atoms with Crippen LogP contribution in [0.25, 0.3) is 0 Å². The van der Waals surface area contributed by atoms with Crippen molar-refractivity contribution in [2.24, 2.45) is 5.92 Å². The molecule has 0 bridgehead atoms. The SMILES string of the molecule is CC(C)Cc1ccc(C(C)NC(=O)N(C)CC(C)O)cc1. The fourth-order valence-electron chi connectivity index (χ4n) is 2.27. The van der Waals surface area contributed by atoms with Gasteiger partial charge in [-0.25, -0.2) is 4.79 Å². The Morgan fingerprint density at radius 1 is 1.19 bits per heavy atom. The summed E-state index contributed by atoms with van der Waals surface area (Å²) < 4.78 is 0. The van der Waals surface area contributed by atoms with Crippen LogP contribution >= 0.6 is 0 Å². The van der Waals surface area contributed by atoms with Crippen LogP contribution < -0.4 is 5.32 Å². The Bertz CT molecular complexity index is 441. The van der Waals surface area contributed by atoms with Gasteiger partial charge in [0.2, 0.25) is 0 Å². The van der Waals surface area contributed by atoms with Crippen LogP contribution in [-0.2, 0) is 6.42 Å². The van der Waals surface area contributed by atoms with Gasteiger partial charge in [0.15, 0.2) is 0 Å². The summed E-state index contributed by atoms with van der Waals surface area (Å²) in [5.41, 5.74) is 2.40. The molecule has 0 aliphatic carbocycles. The zero-order valence-electron chi connectivity index (χ0n) is 13.8. The summed E-state index contributed by atoms with van der Waals surface area (Å²) in [6.07, 6.45) is 0.546. The Kier molecular flexibility index (Phi) is 6.69. The lowest BCUT2D eigenvalue weighted by atomic mass is 10.00. The minimum Gasteiger partial charge on any atom is -0.392 e. The number of hydrogen-bond donors (Lipinski definition) is 2. The van der Waals surface area contributed by atoms with E-state index in [-0.39, 0.29) is 12.1 Å². The monoisotopic (exact) mass is 292 g/mol. The first-order valence-electron chi connectivity index (χ1n) is 7.58. The smallest absolute Gasteiger partial charge is 0.317 e. The molecule has 1 rings (SSSR count). The van der Waals surface area contributed by atoms with E-state index in [1.807, 2.05) is 6.92 Å². The Morgan fingerprint density at radius 2 is 1.76 bits per heavy atom. The minimum atomic E-state index is -0.522. The molecule has 2 amide bonds. The first-order valence-corrected chi connectivity index (χ1v) is 7.58. The second kappa shape index (κ2) is 8.03. The Morgan fingerprint density at radius 3 is 2.24 bits per heavy atom. The highest BCUT2D eigenvalue weighted by molar-refractivity contribution is 5.74. The van der Waals surface area contributed by atoms with Crippen LogP contribution in [0.15, 0.2) is 24.3 Å². The molecule has 0 aliphatic heterocycles. The van der Waals surface area contributed by atoms with Crippen LogP contribution in [0.2, 0.25) is 0 Å². The zero-order chi connectivity index (χ0) is 16.0. The van der Waals surface area contributed by atoms with Gasteiger partial charge < -0.3 is 15.3 Å². The van der Waals surface area contributed by atoms with Crippen LogP contribution in [0.3, 0.4) is 0 Å². The molecule has 4 nitrogen and oxygen atoms in total. The van der Waals surface area contributed by atoms with Gasteiger partial charge >= 0.3 is 6.03 Å². The van der Waals surface area contributed by atoms with Gasteiger partial charge in [-0.2, -0.15) is 0 Å². The molecule has 0 aromatic heterocycles. The molecule has 118 valence electrons. The molecule has 0 aliphatic rings. The zero-order valence-corrected chi connectivity index (χ0v) is 13.8. The molecule has 4 heteroatoms. The van der Waals surface area contributed by atoms with Crippen molar-refractivity contribution in [3.05, 3.63) is 35.4 Å². The highest BCUT2D eigenvalue weighted by atomic mass is 16.3. The summed E-state index contributed by atoms with van der Waals surface area (Å²) >= 11 is 0. The van der Waals surface area contributed by atoms with Gasteiger partial charge in [0.1, 0.15) is 0 Å². The summed E-state index contributed by atoms with van der Waals surface area (Å²) in [7, 11) is 1.68. The van der Waals surface area contributed by atoms with Crippen LogP contribution in [0, 0.1) is 5.92 Å². The average molecular weight is 292 g/mol. The summed E-state index contributed by atoms with van der Waals surface area (Å²) in [5.74, 6) is 0.641. The molecular weight excluding hydrogens is 264 g/mol. The summed E-state index contributed by atoms with van der Waals surface area (Å²) in [6, 6.07) is 8.15. The molecule has 2 atom stereocenters. The molecule has 0 radical (unpaired) electrons. The highest BCUT2D eigenvalue weighted by Gasteiger charge is 2.14. The van der Waals surface area contributed by atoms with Crippen molar-refractivity contribution in [2.75, 3.05) is 13.6 Å². The third kappa shape index (κ3) is 6.17. The largest absolute Gasteiger partial charge is 0.392 e. The number of hydrogen-bond acceptors (Lipinski definition) is 2. The number of aliphatic hydroxyl groups excluding tert-OH is 1. The quantitative estimate of drug-likeness (QED) is 0.847. The molecule has 0 saturated carbocycles. The van der Waals surface area contributed by atoms with E-state index in [1.165, 1.54) is 10.5 Å². The summed E-state index contributed by atoms with van der Waals surface area (Å²) in [6.45, 7) is 8.36. The second-order valence-corrected chi connectivity index (χ2v) is 6.24. The Hall–Kier alpha value is -1.55. The fourth-order valence-corrected chi connectivity index (χ4v) is 2.27. The molecule has 2 N–H and O–H groups in total. The van der Waals surface area contributed by atoms with Crippen molar-refractivity contribution in [3.63, 3.8) is 0 Å². The van der Waals surface area contributed by atoms with E-state index >= 15 is 0 Å². The van der Waals surface area contributed by atoms with E-state index in [4.69, 9.17) is 0 Å². The summed E-state index contributed by atoms with van der Waals surface area (Å²) in [4.78, 5) is 13.5. The number of carbonyl (C=O) groups excluding carboxylic acids is 1. The van der Waals surface area contributed by atoms with Gasteiger partial charge in [0, 0.05) is 13.6 Å². The van der Waals surface area contributed by atoms with E-state index < -0.39 is 6.10 Å². The Balaban J connectivity index is 2.58. The molecular formula is C17H28N2O2. The maximum Gasteiger partial charge on any atom is 0.317 e. The molecule has 0 heterocycles. The number of benzene rings is 1. The maximum atomic E-state index is 12.0. The predicted molar refractivity (Wildman–Crippen MR) is 86.2 cm³/mol. The van der Waals surface area contributed by atoms with E-state index in [0.717, 1.165) is 12.0 Å². The molecule has 0 fully saturated rings. The van der Waals surface area contributed by atoms with Crippen molar-refractivity contribution in [2.45, 2.75) is 46.3 Å². The molecule has 0 spiro atoms. The van der Waals surface area contributed by atoms with E-state index in [2.05, 4.69) is 43.4 Å². The van der Waals surface area contributed by atoms with Gasteiger partial charge in [0.05, 0.1) is 12.1 Å². The van der Waals surface area contributed by atoms with Crippen LogP contribution in [0.4, 0.5) is 4.79 Å². The second-order valence-electron chi connectivity index (χ2n) is 6.24. The first-order chi connectivity index (χ1) is 9.79. The van der Waals surface area contributed by atoms with Gasteiger partial charge in [0.25, 0.3) is 0 Å². The standard InChI is InChI=1S/C17H28N2O2/c1-12(2)10-15-6-8-16(9-7-15)14(4)18-17(21)19(5)11-13(3)20/h6-9,12-14,20H,10-11H2,1-5H3,(H,18,21).